The molecule has 7 heteroatoms. The SMILES string of the molecule is Cc1ccc(COC(=O)N2CCC(CNC(=O)c3ccnc(N(C)C)c3)CC2)cc1. The molecule has 1 aromatic heterocycles. The van der Waals surface area contributed by atoms with Crippen molar-refractivity contribution in [2.45, 2.75) is 26.4 Å². The van der Waals surface area contributed by atoms with Gasteiger partial charge in [-0.15, -0.1) is 0 Å². The minimum absolute atomic E-state index is 0.0968. The predicted molar refractivity (Wildman–Crippen MR) is 117 cm³/mol. The zero-order valence-electron chi connectivity index (χ0n) is 17.9. The van der Waals surface area contributed by atoms with Crippen LogP contribution in [0.4, 0.5) is 10.6 Å². The minimum atomic E-state index is -0.272. The number of carbonyl (C=O) groups is 2. The van der Waals surface area contributed by atoms with E-state index in [1.807, 2.05) is 50.2 Å². The molecule has 1 N–H and O–H groups in total. The Bertz CT molecular complexity index is 859. The van der Waals surface area contributed by atoms with Crippen LogP contribution in [0.1, 0.15) is 34.3 Å². The Balaban J connectivity index is 1.39. The molecule has 0 atom stereocenters. The molecule has 2 aromatic rings. The lowest BCUT2D eigenvalue weighted by atomic mass is 9.97. The number of hydrogen-bond donors (Lipinski definition) is 1. The average Bonchev–Trinajstić information content (AvgIpc) is 2.77. The van der Waals surface area contributed by atoms with Gasteiger partial charge in [-0.25, -0.2) is 9.78 Å². The lowest BCUT2D eigenvalue weighted by molar-refractivity contribution is 0.0801. The fraction of sp³-hybridized carbons (Fsp3) is 0.435. The number of benzene rings is 1. The summed E-state index contributed by atoms with van der Waals surface area (Å²) in [6.07, 6.45) is 3.06. The first kappa shape index (κ1) is 21.6. The van der Waals surface area contributed by atoms with Crippen LogP contribution in [-0.2, 0) is 11.3 Å². The molecule has 1 aliphatic rings. The van der Waals surface area contributed by atoms with Crippen LogP contribution in [0.25, 0.3) is 0 Å². The van der Waals surface area contributed by atoms with Gasteiger partial charge in [0.25, 0.3) is 5.91 Å². The first-order chi connectivity index (χ1) is 14.4. The summed E-state index contributed by atoms with van der Waals surface area (Å²) < 4.78 is 5.44. The van der Waals surface area contributed by atoms with Crippen LogP contribution in [0.2, 0.25) is 0 Å². The van der Waals surface area contributed by atoms with Crippen molar-refractivity contribution in [3.63, 3.8) is 0 Å². The highest BCUT2D eigenvalue weighted by atomic mass is 16.6. The van der Waals surface area contributed by atoms with E-state index in [0.29, 0.717) is 31.1 Å². The molecule has 0 saturated carbocycles. The lowest BCUT2D eigenvalue weighted by Crippen LogP contribution is -2.41. The number of pyridine rings is 1. The Morgan fingerprint density at radius 1 is 1.17 bits per heavy atom. The highest BCUT2D eigenvalue weighted by Crippen LogP contribution is 2.18. The van der Waals surface area contributed by atoms with E-state index in [2.05, 4.69) is 10.3 Å². The third kappa shape index (κ3) is 5.95. The van der Waals surface area contributed by atoms with Crippen molar-refractivity contribution in [1.82, 2.24) is 15.2 Å². The van der Waals surface area contributed by atoms with E-state index in [9.17, 15) is 9.59 Å². The van der Waals surface area contributed by atoms with E-state index in [0.717, 1.165) is 24.2 Å². The van der Waals surface area contributed by atoms with Gasteiger partial charge in [-0.05, 0) is 43.4 Å². The Morgan fingerprint density at radius 2 is 1.87 bits per heavy atom. The van der Waals surface area contributed by atoms with E-state index in [-0.39, 0.29) is 18.6 Å². The van der Waals surface area contributed by atoms with Crippen molar-refractivity contribution in [3.8, 4) is 0 Å². The topological polar surface area (TPSA) is 74.8 Å². The zero-order valence-corrected chi connectivity index (χ0v) is 17.9. The summed E-state index contributed by atoms with van der Waals surface area (Å²) >= 11 is 0. The summed E-state index contributed by atoms with van der Waals surface area (Å²) in [6, 6.07) is 11.5. The molecule has 1 fully saturated rings. The van der Waals surface area contributed by atoms with Crippen LogP contribution in [0, 0.1) is 12.8 Å². The molecular weight excluding hydrogens is 380 g/mol. The Morgan fingerprint density at radius 3 is 2.53 bits per heavy atom. The molecule has 1 aromatic carbocycles. The maximum atomic E-state index is 12.4. The number of aryl methyl sites for hydroxylation is 1. The summed E-state index contributed by atoms with van der Waals surface area (Å²) in [5.74, 6) is 1.01. The molecule has 3 rings (SSSR count). The number of nitrogens with zero attached hydrogens (tertiary/aromatic N) is 3. The van der Waals surface area contributed by atoms with Gasteiger partial charge in [-0.3, -0.25) is 4.79 Å². The van der Waals surface area contributed by atoms with Crippen molar-refractivity contribution in [2.24, 2.45) is 5.92 Å². The molecule has 160 valence electrons. The Kier molecular flexibility index (Phi) is 7.27. The van der Waals surface area contributed by atoms with Crippen molar-refractivity contribution in [3.05, 3.63) is 59.3 Å². The van der Waals surface area contributed by atoms with Gasteiger partial charge in [-0.1, -0.05) is 29.8 Å². The molecule has 7 nitrogen and oxygen atoms in total. The maximum Gasteiger partial charge on any atom is 0.410 e. The molecule has 0 spiro atoms. The smallest absolute Gasteiger partial charge is 0.410 e. The Labute approximate surface area is 178 Å². The molecule has 30 heavy (non-hydrogen) atoms. The minimum Gasteiger partial charge on any atom is -0.445 e. The van der Waals surface area contributed by atoms with Gasteiger partial charge in [0.1, 0.15) is 12.4 Å². The predicted octanol–water partition coefficient (Wildman–Crippen LogP) is 3.23. The van der Waals surface area contributed by atoms with Crippen molar-refractivity contribution >= 4 is 17.8 Å². The summed E-state index contributed by atoms with van der Waals surface area (Å²) in [5, 5.41) is 3.01. The van der Waals surface area contributed by atoms with E-state index in [4.69, 9.17) is 4.74 Å². The second-order valence-corrected chi connectivity index (χ2v) is 7.98. The van der Waals surface area contributed by atoms with Crippen molar-refractivity contribution in [1.29, 1.82) is 0 Å². The normalized spacial score (nSPS) is 14.3. The van der Waals surface area contributed by atoms with Crippen LogP contribution in [0.5, 0.6) is 0 Å². The fourth-order valence-electron chi connectivity index (χ4n) is 3.38. The average molecular weight is 411 g/mol. The molecule has 2 amide bonds. The molecule has 0 unspecified atom stereocenters. The summed E-state index contributed by atoms with van der Waals surface area (Å²) in [5.41, 5.74) is 2.77. The van der Waals surface area contributed by atoms with Gasteiger partial charge >= 0.3 is 6.09 Å². The molecule has 0 aliphatic carbocycles. The quantitative estimate of drug-likeness (QED) is 0.791. The number of nitrogens with one attached hydrogen (secondary N) is 1. The second-order valence-electron chi connectivity index (χ2n) is 7.98. The molecular formula is C23H30N4O3. The van der Waals surface area contributed by atoms with Gasteiger partial charge in [0.15, 0.2) is 0 Å². The molecule has 1 aliphatic heterocycles. The van der Waals surface area contributed by atoms with E-state index in [1.54, 1.807) is 23.2 Å². The number of aromatic nitrogens is 1. The number of ether oxygens (including phenoxy) is 1. The number of carbonyl (C=O) groups excluding carboxylic acids is 2. The number of anilines is 1. The summed E-state index contributed by atoms with van der Waals surface area (Å²) in [7, 11) is 3.78. The van der Waals surface area contributed by atoms with Crippen molar-refractivity contribution in [2.75, 3.05) is 38.6 Å². The standard InChI is InChI=1S/C23H30N4O3/c1-17-4-6-19(7-5-17)16-30-23(29)27-12-9-18(10-13-27)15-25-22(28)20-8-11-24-21(14-20)26(2)3/h4-8,11,14,18H,9-10,12-13,15-16H2,1-3H3,(H,25,28). The number of piperidine rings is 1. The zero-order chi connectivity index (χ0) is 21.5. The van der Waals surface area contributed by atoms with Gasteiger partial charge in [0.05, 0.1) is 0 Å². The van der Waals surface area contributed by atoms with Gasteiger partial charge in [0, 0.05) is 45.5 Å². The van der Waals surface area contributed by atoms with E-state index >= 15 is 0 Å². The van der Waals surface area contributed by atoms with Gasteiger partial charge in [-0.2, -0.15) is 0 Å². The maximum absolute atomic E-state index is 12.4. The first-order valence-electron chi connectivity index (χ1n) is 10.3. The van der Waals surface area contributed by atoms with E-state index in [1.165, 1.54) is 5.56 Å². The van der Waals surface area contributed by atoms with Crippen LogP contribution in [-0.4, -0.2) is 55.6 Å². The highest BCUT2D eigenvalue weighted by molar-refractivity contribution is 5.94. The van der Waals surface area contributed by atoms with Crippen LogP contribution in [0.15, 0.2) is 42.6 Å². The summed E-state index contributed by atoms with van der Waals surface area (Å²) in [4.78, 5) is 32.6. The lowest BCUT2D eigenvalue weighted by Gasteiger charge is -2.31. The second kappa shape index (κ2) is 10.1. The molecule has 0 bridgehead atoms. The van der Waals surface area contributed by atoms with Gasteiger partial charge < -0.3 is 19.9 Å². The largest absolute Gasteiger partial charge is 0.445 e. The van der Waals surface area contributed by atoms with Crippen LogP contribution < -0.4 is 10.2 Å². The van der Waals surface area contributed by atoms with Gasteiger partial charge in [0.2, 0.25) is 0 Å². The number of hydrogen-bond acceptors (Lipinski definition) is 5. The molecule has 1 saturated heterocycles. The first-order valence-corrected chi connectivity index (χ1v) is 10.3. The highest BCUT2D eigenvalue weighted by Gasteiger charge is 2.24. The van der Waals surface area contributed by atoms with E-state index < -0.39 is 0 Å². The monoisotopic (exact) mass is 410 g/mol. The Hall–Kier alpha value is -3.09. The van der Waals surface area contributed by atoms with Crippen LogP contribution >= 0.6 is 0 Å². The molecule has 2 heterocycles. The third-order valence-corrected chi connectivity index (χ3v) is 5.37. The number of amides is 2. The number of likely N-dealkylation sites (tertiary alicyclic amines) is 1. The summed E-state index contributed by atoms with van der Waals surface area (Å²) in [6.45, 7) is 4.21. The fourth-order valence-corrected chi connectivity index (χ4v) is 3.38. The third-order valence-electron chi connectivity index (χ3n) is 5.37. The van der Waals surface area contributed by atoms with Crippen LogP contribution in [0.3, 0.4) is 0 Å². The van der Waals surface area contributed by atoms with Crippen molar-refractivity contribution < 1.29 is 14.3 Å². The molecule has 0 radical (unpaired) electrons. The number of rotatable bonds is 6.